The molecule has 0 radical (unpaired) electrons. The van der Waals surface area contributed by atoms with Crippen molar-refractivity contribution in [1.29, 1.82) is 0 Å². The molecule has 1 aliphatic heterocycles. The summed E-state index contributed by atoms with van der Waals surface area (Å²) in [5.74, 6) is 0.641. The van der Waals surface area contributed by atoms with Crippen LogP contribution >= 0.6 is 23.1 Å². The van der Waals surface area contributed by atoms with Crippen LogP contribution in [-0.2, 0) is 4.79 Å². The van der Waals surface area contributed by atoms with Gasteiger partial charge in [-0.3, -0.25) is 9.59 Å². The van der Waals surface area contributed by atoms with Gasteiger partial charge in [0.25, 0.3) is 5.91 Å². The highest BCUT2D eigenvalue weighted by atomic mass is 32.2. The van der Waals surface area contributed by atoms with Crippen molar-refractivity contribution in [3.63, 3.8) is 0 Å². The van der Waals surface area contributed by atoms with Gasteiger partial charge in [-0.25, -0.2) is 4.98 Å². The van der Waals surface area contributed by atoms with Gasteiger partial charge in [0.1, 0.15) is 6.04 Å². The fourth-order valence-electron chi connectivity index (χ4n) is 2.84. The van der Waals surface area contributed by atoms with Gasteiger partial charge >= 0.3 is 0 Å². The van der Waals surface area contributed by atoms with E-state index in [9.17, 15) is 9.59 Å². The third kappa shape index (κ3) is 4.59. The standard InChI is InChI=1S/C17H22N4O3S2/c1-25-11-4-13(19-15(22)14-3-2-10-24-14)16(23)20-6-8-21(9-7-20)17-18-5-12-26-17/h2-3,5,10,12-13H,4,6-9,11H2,1H3,(H,19,22). The van der Waals surface area contributed by atoms with E-state index in [1.807, 2.05) is 16.5 Å². The Balaban J connectivity index is 1.59. The number of hydrogen-bond donors (Lipinski definition) is 1. The second-order valence-electron chi connectivity index (χ2n) is 5.91. The minimum Gasteiger partial charge on any atom is -0.459 e. The van der Waals surface area contributed by atoms with Crippen molar-refractivity contribution in [1.82, 2.24) is 15.2 Å². The molecule has 1 saturated heterocycles. The summed E-state index contributed by atoms with van der Waals surface area (Å²) >= 11 is 3.26. The van der Waals surface area contributed by atoms with Crippen LogP contribution < -0.4 is 10.2 Å². The predicted octanol–water partition coefficient (Wildman–Crippen LogP) is 1.94. The van der Waals surface area contributed by atoms with Crippen molar-refractivity contribution in [2.24, 2.45) is 0 Å². The molecule has 3 rings (SSSR count). The van der Waals surface area contributed by atoms with Gasteiger partial charge in [0.15, 0.2) is 10.9 Å². The first kappa shape index (κ1) is 18.8. The molecule has 2 aromatic heterocycles. The molecule has 0 spiro atoms. The van der Waals surface area contributed by atoms with E-state index in [1.165, 1.54) is 6.26 Å². The van der Waals surface area contributed by atoms with Gasteiger partial charge in [0.05, 0.1) is 6.26 Å². The van der Waals surface area contributed by atoms with Crippen LogP contribution in [0.1, 0.15) is 17.0 Å². The second kappa shape index (κ2) is 9.09. The van der Waals surface area contributed by atoms with Crippen LogP contribution in [0.5, 0.6) is 0 Å². The van der Waals surface area contributed by atoms with Crippen LogP contribution in [0.3, 0.4) is 0 Å². The summed E-state index contributed by atoms with van der Waals surface area (Å²) < 4.78 is 5.13. The zero-order chi connectivity index (χ0) is 18.4. The van der Waals surface area contributed by atoms with Gasteiger partial charge in [-0.1, -0.05) is 0 Å². The van der Waals surface area contributed by atoms with Crippen molar-refractivity contribution < 1.29 is 14.0 Å². The number of nitrogens with zero attached hydrogens (tertiary/aromatic N) is 3. The smallest absolute Gasteiger partial charge is 0.287 e. The minimum atomic E-state index is -0.536. The Morgan fingerprint density at radius 1 is 1.38 bits per heavy atom. The lowest BCUT2D eigenvalue weighted by Gasteiger charge is -2.36. The zero-order valence-electron chi connectivity index (χ0n) is 14.6. The first-order chi connectivity index (χ1) is 12.7. The molecule has 0 saturated carbocycles. The van der Waals surface area contributed by atoms with E-state index in [1.54, 1.807) is 41.4 Å². The maximum atomic E-state index is 12.9. The minimum absolute atomic E-state index is 0.0299. The highest BCUT2D eigenvalue weighted by molar-refractivity contribution is 7.98. The summed E-state index contributed by atoms with van der Waals surface area (Å²) in [4.78, 5) is 33.6. The molecule has 1 fully saturated rings. The molecular weight excluding hydrogens is 372 g/mol. The molecule has 0 aromatic carbocycles. The van der Waals surface area contributed by atoms with Gasteiger partial charge in [-0.05, 0) is 30.6 Å². The number of thiazole rings is 1. The van der Waals surface area contributed by atoms with Crippen LogP contribution in [0.15, 0.2) is 34.4 Å². The monoisotopic (exact) mass is 394 g/mol. The summed E-state index contributed by atoms with van der Waals surface area (Å²) in [6.07, 6.45) is 5.83. The third-order valence-electron chi connectivity index (χ3n) is 4.24. The number of rotatable bonds is 7. The topological polar surface area (TPSA) is 78.7 Å². The predicted molar refractivity (Wildman–Crippen MR) is 104 cm³/mol. The van der Waals surface area contributed by atoms with Gasteiger partial charge < -0.3 is 19.5 Å². The fraction of sp³-hybridized carbons (Fsp3) is 0.471. The number of furan rings is 1. The molecule has 7 nitrogen and oxygen atoms in total. The van der Waals surface area contributed by atoms with Crippen LogP contribution in [0.25, 0.3) is 0 Å². The molecule has 140 valence electrons. The number of carbonyl (C=O) groups excluding carboxylic acids is 2. The largest absolute Gasteiger partial charge is 0.459 e. The molecule has 1 aliphatic rings. The molecule has 2 amide bonds. The van der Waals surface area contributed by atoms with E-state index in [4.69, 9.17) is 4.42 Å². The number of piperazine rings is 1. The van der Waals surface area contributed by atoms with Crippen molar-refractivity contribution in [2.75, 3.05) is 43.1 Å². The van der Waals surface area contributed by atoms with E-state index in [0.717, 1.165) is 24.0 Å². The first-order valence-corrected chi connectivity index (χ1v) is 10.7. The summed E-state index contributed by atoms with van der Waals surface area (Å²) in [7, 11) is 0. The van der Waals surface area contributed by atoms with Crippen LogP contribution in [0, 0.1) is 0 Å². The van der Waals surface area contributed by atoms with E-state index < -0.39 is 6.04 Å². The van der Waals surface area contributed by atoms with E-state index in [2.05, 4.69) is 15.2 Å². The summed E-state index contributed by atoms with van der Waals surface area (Å²) in [5, 5.41) is 5.77. The number of nitrogens with one attached hydrogen (secondary N) is 1. The molecule has 3 heterocycles. The lowest BCUT2D eigenvalue weighted by Crippen LogP contribution is -2.55. The highest BCUT2D eigenvalue weighted by Crippen LogP contribution is 2.19. The average molecular weight is 395 g/mol. The lowest BCUT2D eigenvalue weighted by molar-refractivity contribution is -0.133. The summed E-state index contributed by atoms with van der Waals surface area (Å²) in [6.45, 7) is 2.76. The normalized spacial score (nSPS) is 15.7. The Bertz CT molecular complexity index is 698. The van der Waals surface area contributed by atoms with E-state index in [0.29, 0.717) is 19.5 Å². The number of hydrogen-bond acceptors (Lipinski definition) is 7. The van der Waals surface area contributed by atoms with Gasteiger partial charge in [-0.15, -0.1) is 11.3 Å². The maximum Gasteiger partial charge on any atom is 0.287 e. The number of thioether (sulfide) groups is 1. The molecule has 2 aromatic rings. The van der Waals surface area contributed by atoms with Crippen molar-refractivity contribution in [2.45, 2.75) is 12.5 Å². The van der Waals surface area contributed by atoms with E-state index in [-0.39, 0.29) is 17.6 Å². The average Bonchev–Trinajstić information content (AvgIpc) is 3.38. The Morgan fingerprint density at radius 2 is 2.19 bits per heavy atom. The Labute approximate surface area is 160 Å². The number of carbonyl (C=O) groups is 2. The number of amides is 2. The molecule has 9 heteroatoms. The highest BCUT2D eigenvalue weighted by Gasteiger charge is 2.29. The maximum absolute atomic E-state index is 12.9. The van der Waals surface area contributed by atoms with Crippen molar-refractivity contribution in [3.8, 4) is 0 Å². The molecule has 0 bridgehead atoms. The fourth-order valence-corrected chi connectivity index (χ4v) is 4.01. The molecule has 1 N–H and O–H groups in total. The van der Waals surface area contributed by atoms with Crippen molar-refractivity contribution >= 4 is 40.0 Å². The van der Waals surface area contributed by atoms with Gasteiger partial charge in [0.2, 0.25) is 5.91 Å². The number of aromatic nitrogens is 1. The van der Waals surface area contributed by atoms with Crippen LogP contribution in [-0.4, -0.2) is 65.9 Å². The zero-order valence-corrected chi connectivity index (χ0v) is 16.2. The first-order valence-electron chi connectivity index (χ1n) is 8.45. The van der Waals surface area contributed by atoms with Crippen LogP contribution in [0.2, 0.25) is 0 Å². The van der Waals surface area contributed by atoms with Crippen LogP contribution in [0.4, 0.5) is 5.13 Å². The van der Waals surface area contributed by atoms with Crippen molar-refractivity contribution in [3.05, 3.63) is 35.7 Å². The van der Waals surface area contributed by atoms with Gasteiger partial charge in [-0.2, -0.15) is 11.8 Å². The summed E-state index contributed by atoms with van der Waals surface area (Å²) in [5.41, 5.74) is 0. The summed E-state index contributed by atoms with van der Waals surface area (Å²) in [6, 6.07) is 2.72. The quantitative estimate of drug-likeness (QED) is 0.773. The Kier molecular flexibility index (Phi) is 6.56. The molecule has 0 aliphatic carbocycles. The molecule has 26 heavy (non-hydrogen) atoms. The lowest BCUT2D eigenvalue weighted by atomic mass is 10.1. The Hall–Kier alpha value is -2.00. The van der Waals surface area contributed by atoms with E-state index >= 15 is 0 Å². The Morgan fingerprint density at radius 3 is 2.81 bits per heavy atom. The SMILES string of the molecule is CSCCC(NC(=O)c1ccco1)C(=O)N1CCN(c2nccs2)CC1. The number of anilines is 1. The third-order valence-corrected chi connectivity index (χ3v) is 5.72. The molecule has 1 unspecified atom stereocenters. The van der Waals surface area contributed by atoms with Gasteiger partial charge in [0, 0.05) is 37.8 Å². The second-order valence-corrected chi connectivity index (χ2v) is 7.77. The molecular formula is C17H22N4O3S2. The molecule has 1 atom stereocenters.